The molecule has 3 rings (SSSR count). The number of rotatable bonds is 3. The summed E-state index contributed by atoms with van der Waals surface area (Å²) in [6.45, 7) is 1.93. The predicted molar refractivity (Wildman–Crippen MR) is 76.9 cm³/mol. The van der Waals surface area contributed by atoms with Gasteiger partial charge in [0.1, 0.15) is 17.6 Å². The van der Waals surface area contributed by atoms with Gasteiger partial charge in [-0.15, -0.1) is 0 Å². The second-order valence-electron chi connectivity index (χ2n) is 4.69. The standard InChI is InChI=1S/C17H16O2/c1-2-15(18)17-10-9-16(19-17)14-8-7-12-5-3-4-6-13(12)11-14/h3-11,15,18H,2H2,1H3. The summed E-state index contributed by atoms with van der Waals surface area (Å²) in [5, 5.41) is 12.2. The maximum absolute atomic E-state index is 9.77. The van der Waals surface area contributed by atoms with Crippen LogP contribution in [-0.4, -0.2) is 5.11 Å². The van der Waals surface area contributed by atoms with Crippen LogP contribution in [0.3, 0.4) is 0 Å². The number of aliphatic hydroxyl groups is 1. The highest BCUT2D eigenvalue weighted by atomic mass is 16.4. The monoisotopic (exact) mass is 252 g/mol. The van der Waals surface area contributed by atoms with Crippen LogP contribution >= 0.6 is 0 Å². The summed E-state index contributed by atoms with van der Waals surface area (Å²) in [6, 6.07) is 18.2. The highest BCUT2D eigenvalue weighted by Gasteiger charge is 2.11. The van der Waals surface area contributed by atoms with Gasteiger partial charge in [-0.3, -0.25) is 0 Å². The molecule has 0 radical (unpaired) electrons. The van der Waals surface area contributed by atoms with Crippen LogP contribution in [0.15, 0.2) is 59.0 Å². The number of aliphatic hydroxyl groups excluding tert-OH is 1. The second kappa shape index (κ2) is 4.90. The van der Waals surface area contributed by atoms with Crippen LogP contribution in [-0.2, 0) is 0 Å². The first-order valence-corrected chi connectivity index (χ1v) is 6.55. The van der Waals surface area contributed by atoms with Gasteiger partial charge in [-0.2, -0.15) is 0 Å². The Hall–Kier alpha value is -2.06. The molecular formula is C17H16O2. The van der Waals surface area contributed by atoms with Crippen LogP contribution in [0.4, 0.5) is 0 Å². The molecule has 0 saturated heterocycles. The molecule has 0 aliphatic carbocycles. The fraction of sp³-hybridized carbons (Fsp3) is 0.176. The van der Waals surface area contributed by atoms with Crippen molar-refractivity contribution in [3.05, 3.63) is 60.4 Å². The highest BCUT2D eigenvalue weighted by Crippen LogP contribution is 2.28. The van der Waals surface area contributed by atoms with Crippen molar-refractivity contribution in [2.45, 2.75) is 19.4 Å². The first-order chi connectivity index (χ1) is 9.28. The van der Waals surface area contributed by atoms with Crippen LogP contribution in [0.5, 0.6) is 0 Å². The zero-order chi connectivity index (χ0) is 13.2. The fourth-order valence-corrected chi connectivity index (χ4v) is 2.23. The lowest BCUT2D eigenvalue weighted by molar-refractivity contribution is 0.147. The third kappa shape index (κ3) is 2.27. The van der Waals surface area contributed by atoms with E-state index in [1.807, 2.05) is 37.3 Å². The smallest absolute Gasteiger partial charge is 0.134 e. The zero-order valence-electron chi connectivity index (χ0n) is 10.8. The number of benzene rings is 2. The van der Waals surface area contributed by atoms with E-state index in [0.29, 0.717) is 12.2 Å². The fourth-order valence-electron chi connectivity index (χ4n) is 2.23. The van der Waals surface area contributed by atoms with Gasteiger partial charge in [0.15, 0.2) is 0 Å². The molecule has 1 unspecified atom stereocenters. The van der Waals surface area contributed by atoms with Crippen LogP contribution < -0.4 is 0 Å². The topological polar surface area (TPSA) is 33.4 Å². The molecule has 2 heteroatoms. The summed E-state index contributed by atoms with van der Waals surface area (Å²) in [5.41, 5.74) is 1.04. The van der Waals surface area contributed by atoms with Crippen molar-refractivity contribution >= 4 is 10.8 Å². The molecule has 0 amide bonds. The second-order valence-corrected chi connectivity index (χ2v) is 4.69. The van der Waals surface area contributed by atoms with Crippen molar-refractivity contribution in [1.82, 2.24) is 0 Å². The molecule has 0 bridgehead atoms. The molecule has 1 atom stereocenters. The molecule has 0 aliphatic heterocycles. The normalized spacial score (nSPS) is 12.7. The summed E-state index contributed by atoms with van der Waals surface area (Å²) < 4.78 is 5.72. The van der Waals surface area contributed by atoms with Crippen molar-refractivity contribution in [1.29, 1.82) is 0 Å². The third-order valence-electron chi connectivity index (χ3n) is 3.38. The number of fused-ring (bicyclic) bond motifs is 1. The Bertz CT molecular complexity index is 697. The van der Waals surface area contributed by atoms with E-state index in [0.717, 1.165) is 11.3 Å². The van der Waals surface area contributed by atoms with E-state index < -0.39 is 6.10 Å². The maximum atomic E-state index is 9.77. The van der Waals surface area contributed by atoms with Crippen LogP contribution in [0, 0.1) is 0 Å². The van der Waals surface area contributed by atoms with Crippen molar-refractivity contribution in [3.63, 3.8) is 0 Å². The van der Waals surface area contributed by atoms with Gasteiger partial charge in [-0.1, -0.05) is 43.3 Å². The van der Waals surface area contributed by atoms with Gasteiger partial charge in [-0.05, 0) is 35.4 Å². The van der Waals surface area contributed by atoms with Crippen LogP contribution in [0.2, 0.25) is 0 Å². The minimum absolute atomic E-state index is 0.519. The molecule has 0 spiro atoms. The van der Waals surface area contributed by atoms with E-state index >= 15 is 0 Å². The molecule has 1 N–H and O–H groups in total. The Kier molecular flexibility index (Phi) is 3.10. The van der Waals surface area contributed by atoms with E-state index in [4.69, 9.17) is 4.42 Å². The lowest BCUT2D eigenvalue weighted by Crippen LogP contribution is -1.91. The lowest BCUT2D eigenvalue weighted by Gasteiger charge is -2.04. The van der Waals surface area contributed by atoms with Crippen molar-refractivity contribution in [2.75, 3.05) is 0 Å². The largest absolute Gasteiger partial charge is 0.458 e. The quantitative estimate of drug-likeness (QED) is 0.742. The molecular weight excluding hydrogens is 236 g/mol. The van der Waals surface area contributed by atoms with E-state index in [2.05, 4.69) is 24.3 Å². The summed E-state index contributed by atoms with van der Waals surface area (Å²) in [5.74, 6) is 1.43. The molecule has 1 heterocycles. The Labute approximate surface area is 112 Å². The van der Waals surface area contributed by atoms with Crippen LogP contribution in [0.1, 0.15) is 25.2 Å². The Morgan fingerprint density at radius 1 is 1.00 bits per heavy atom. The maximum Gasteiger partial charge on any atom is 0.134 e. The average Bonchev–Trinajstić information content (AvgIpc) is 2.95. The van der Waals surface area contributed by atoms with Crippen molar-refractivity contribution in [3.8, 4) is 11.3 Å². The SMILES string of the molecule is CCC(O)c1ccc(-c2ccc3ccccc3c2)o1. The van der Waals surface area contributed by atoms with E-state index in [9.17, 15) is 5.11 Å². The molecule has 2 aromatic carbocycles. The molecule has 3 aromatic rings. The van der Waals surface area contributed by atoms with Gasteiger partial charge >= 0.3 is 0 Å². The third-order valence-corrected chi connectivity index (χ3v) is 3.38. The molecule has 0 aliphatic rings. The number of furan rings is 1. The van der Waals surface area contributed by atoms with Crippen molar-refractivity contribution < 1.29 is 9.52 Å². The zero-order valence-corrected chi connectivity index (χ0v) is 10.8. The first kappa shape index (κ1) is 12.0. The van der Waals surface area contributed by atoms with E-state index in [1.165, 1.54) is 10.8 Å². The van der Waals surface area contributed by atoms with Gasteiger partial charge in [0.25, 0.3) is 0 Å². The molecule has 96 valence electrons. The number of hydrogen-bond acceptors (Lipinski definition) is 2. The van der Waals surface area contributed by atoms with Gasteiger partial charge in [0.05, 0.1) is 0 Å². The van der Waals surface area contributed by atoms with Gasteiger partial charge in [0, 0.05) is 5.56 Å². The molecule has 19 heavy (non-hydrogen) atoms. The minimum atomic E-state index is -0.519. The molecule has 0 fully saturated rings. The Morgan fingerprint density at radius 3 is 2.58 bits per heavy atom. The van der Waals surface area contributed by atoms with Gasteiger partial charge in [-0.25, -0.2) is 0 Å². The number of hydrogen-bond donors (Lipinski definition) is 1. The first-order valence-electron chi connectivity index (χ1n) is 6.55. The predicted octanol–water partition coefficient (Wildman–Crippen LogP) is 4.54. The van der Waals surface area contributed by atoms with Crippen LogP contribution in [0.25, 0.3) is 22.1 Å². The Balaban J connectivity index is 2.01. The molecule has 2 nitrogen and oxygen atoms in total. The minimum Gasteiger partial charge on any atom is -0.458 e. The van der Waals surface area contributed by atoms with Gasteiger partial charge in [0.2, 0.25) is 0 Å². The molecule has 0 saturated carbocycles. The van der Waals surface area contributed by atoms with Gasteiger partial charge < -0.3 is 9.52 Å². The highest BCUT2D eigenvalue weighted by molar-refractivity contribution is 5.86. The van der Waals surface area contributed by atoms with E-state index in [1.54, 1.807) is 0 Å². The summed E-state index contributed by atoms with van der Waals surface area (Å²) in [4.78, 5) is 0. The molecule has 1 aromatic heterocycles. The Morgan fingerprint density at radius 2 is 1.79 bits per heavy atom. The van der Waals surface area contributed by atoms with Crippen molar-refractivity contribution in [2.24, 2.45) is 0 Å². The summed E-state index contributed by atoms with van der Waals surface area (Å²) >= 11 is 0. The van der Waals surface area contributed by atoms with E-state index in [-0.39, 0.29) is 0 Å². The average molecular weight is 252 g/mol. The summed E-state index contributed by atoms with van der Waals surface area (Å²) in [6.07, 6.45) is 0.138. The lowest BCUT2D eigenvalue weighted by atomic mass is 10.1. The summed E-state index contributed by atoms with van der Waals surface area (Å²) in [7, 11) is 0.